The van der Waals surface area contributed by atoms with E-state index in [0.29, 0.717) is 5.69 Å². The van der Waals surface area contributed by atoms with E-state index in [9.17, 15) is 22.0 Å². The second kappa shape index (κ2) is 5.32. The van der Waals surface area contributed by atoms with Crippen molar-refractivity contribution >= 4 is 15.9 Å². The minimum Gasteiger partial charge on any atom is -0.274 e. The number of sulfonamides is 1. The van der Waals surface area contributed by atoms with Crippen molar-refractivity contribution in [3.8, 4) is 5.69 Å². The van der Waals surface area contributed by atoms with Crippen LogP contribution in [-0.4, -0.2) is 35.2 Å². The van der Waals surface area contributed by atoms with Crippen LogP contribution in [0.3, 0.4) is 0 Å². The minimum atomic E-state index is -4.11. The molecule has 2 saturated carbocycles. The highest BCUT2D eigenvalue weighted by molar-refractivity contribution is 7.90. The zero-order valence-electron chi connectivity index (χ0n) is 12.8. The normalized spacial score (nSPS) is 26.9. The maximum atomic E-state index is 13.6. The summed E-state index contributed by atoms with van der Waals surface area (Å²) in [6.07, 6.45) is 2.98. The van der Waals surface area contributed by atoms with Crippen molar-refractivity contribution in [1.82, 2.24) is 19.7 Å². The predicted molar refractivity (Wildman–Crippen MR) is 81.3 cm³/mol. The van der Waals surface area contributed by atoms with Gasteiger partial charge in [0.15, 0.2) is 0 Å². The van der Waals surface area contributed by atoms with Crippen molar-refractivity contribution < 1.29 is 22.0 Å². The second-order valence-corrected chi connectivity index (χ2v) is 7.98. The highest BCUT2D eigenvalue weighted by atomic mass is 32.2. The Hall–Kier alpha value is -2.36. The molecule has 2 aromatic rings. The fourth-order valence-corrected chi connectivity index (χ4v) is 4.57. The smallest absolute Gasteiger partial charge is 0.264 e. The summed E-state index contributed by atoms with van der Waals surface area (Å²) in [4.78, 5) is 13.3. The van der Waals surface area contributed by atoms with E-state index >= 15 is 0 Å². The molecule has 0 unspecified atom stereocenters. The van der Waals surface area contributed by atoms with Gasteiger partial charge in [-0.3, -0.25) is 4.79 Å². The lowest BCUT2D eigenvalue weighted by Gasteiger charge is -2.13. The van der Waals surface area contributed by atoms with Crippen molar-refractivity contribution in [2.75, 3.05) is 0 Å². The number of benzene rings is 1. The number of nitrogens with zero attached hydrogens (tertiary/aromatic N) is 3. The third-order valence-electron chi connectivity index (χ3n) is 4.80. The minimum absolute atomic E-state index is 0.130. The monoisotopic (exact) mass is 368 g/mol. The Balaban J connectivity index is 1.48. The number of carbonyl (C=O) groups excluding carboxylic acids is 1. The maximum absolute atomic E-state index is 13.6. The molecule has 0 saturated heterocycles. The molecule has 4 rings (SSSR count). The highest BCUT2D eigenvalue weighted by Crippen LogP contribution is 2.64. The molecule has 10 heteroatoms. The molecule has 0 radical (unpaired) electrons. The fourth-order valence-electron chi connectivity index (χ4n) is 3.56. The van der Waals surface area contributed by atoms with Crippen LogP contribution in [0.1, 0.15) is 12.8 Å². The van der Waals surface area contributed by atoms with E-state index in [1.807, 2.05) is 4.72 Å². The van der Waals surface area contributed by atoms with Crippen molar-refractivity contribution in [2.24, 2.45) is 17.8 Å². The number of rotatable bonds is 4. The summed E-state index contributed by atoms with van der Waals surface area (Å²) >= 11 is 0. The molecule has 1 amide bonds. The number of aromatic nitrogens is 3. The Morgan fingerprint density at radius 3 is 2.40 bits per heavy atom. The predicted octanol–water partition coefficient (Wildman–Crippen LogP) is 1.36. The van der Waals surface area contributed by atoms with Crippen LogP contribution in [0.25, 0.3) is 5.69 Å². The SMILES string of the molecule is O=C(NS(=O)(=O)c1ccc(-n2nccn2)cc1)[C@H]1[C@H]2CCC(F)(F)[C@H]21. The number of amides is 1. The Labute approximate surface area is 142 Å². The van der Waals surface area contributed by atoms with Gasteiger partial charge in [0.1, 0.15) is 0 Å². The molecular formula is C15H14F2N4O3S. The van der Waals surface area contributed by atoms with Gasteiger partial charge in [-0.05, 0) is 36.6 Å². The Morgan fingerprint density at radius 1 is 1.20 bits per heavy atom. The first-order valence-electron chi connectivity index (χ1n) is 7.71. The highest BCUT2D eigenvalue weighted by Gasteiger charge is 2.70. The molecular weight excluding hydrogens is 354 g/mol. The lowest BCUT2D eigenvalue weighted by atomic mass is 10.1. The number of nitrogens with one attached hydrogen (secondary N) is 1. The standard InChI is InChI=1S/C15H14F2N4O3S/c16-15(17)6-5-11-12(13(11)15)14(22)20-25(23,24)10-3-1-9(2-4-10)21-18-7-8-19-21/h1-4,7-8,11-13H,5-6H2,(H,20,22)/t11-,12+,13-/m1/s1. The number of hydrogen-bond donors (Lipinski definition) is 1. The number of alkyl halides is 2. The summed E-state index contributed by atoms with van der Waals surface area (Å²) in [7, 11) is -4.11. The van der Waals surface area contributed by atoms with Gasteiger partial charge in [0.05, 0.1) is 28.9 Å². The summed E-state index contributed by atoms with van der Waals surface area (Å²) in [6.45, 7) is 0. The van der Waals surface area contributed by atoms with Crippen LogP contribution in [-0.2, 0) is 14.8 Å². The quantitative estimate of drug-likeness (QED) is 0.880. The average molecular weight is 368 g/mol. The van der Waals surface area contributed by atoms with Crippen LogP contribution >= 0.6 is 0 Å². The third kappa shape index (κ3) is 2.70. The van der Waals surface area contributed by atoms with Gasteiger partial charge in [-0.25, -0.2) is 21.9 Å². The summed E-state index contributed by atoms with van der Waals surface area (Å²) < 4.78 is 53.7. The number of halogens is 2. The lowest BCUT2D eigenvalue weighted by Crippen LogP contribution is -2.34. The molecule has 0 aliphatic heterocycles. The zero-order chi connectivity index (χ0) is 17.8. The van der Waals surface area contributed by atoms with Crippen LogP contribution in [0.5, 0.6) is 0 Å². The molecule has 2 aliphatic rings. The van der Waals surface area contributed by atoms with Crippen molar-refractivity contribution in [2.45, 2.75) is 23.7 Å². The van der Waals surface area contributed by atoms with E-state index in [1.165, 1.54) is 41.5 Å². The Kier molecular flexibility index (Phi) is 3.43. The third-order valence-corrected chi connectivity index (χ3v) is 6.16. The molecule has 2 fully saturated rings. The van der Waals surface area contributed by atoms with Gasteiger partial charge in [0.2, 0.25) is 5.91 Å². The van der Waals surface area contributed by atoms with Crippen molar-refractivity contribution in [3.05, 3.63) is 36.7 Å². The van der Waals surface area contributed by atoms with Gasteiger partial charge >= 0.3 is 0 Å². The fraction of sp³-hybridized carbons (Fsp3) is 0.400. The molecule has 7 nitrogen and oxygen atoms in total. The largest absolute Gasteiger partial charge is 0.274 e. The first-order chi connectivity index (χ1) is 11.8. The number of fused-ring (bicyclic) bond motifs is 1. The van der Waals surface area contributed by atoms with E-state index in [1.54, 1.807) is 0 Å². The van der Waals surface area contributed by atoms with E-state index < -0.39 is 39.6 Å². The summed E-state index contributed by atoms with van der Waals surface area (Å²) in [5, 5.41) is 7.84. The van der Waals surface area contributed by atoms with E-state index in [0.717, 1.165) is 0 Å². The zero-order valence-corrected chi connectivity index (χ0v) is 13.7. The summed E-state index contributed by atoms with van der Waals surface area (Å²) in [5.74, 6) is -6.11. The van der Waals surface area contributed by atoms with Crippen LogP contribution in [0.15, 0.2) is 41.6 Å². The number of carbonyl (C=O) groups is 1. The second-order valence-electron chi connectivity index (χ2n) is 6.30. The van der Waals surface area contributed by atoms with Gasteiger partial charge < -0.3 is 0 Å². The molecule has 1 aromatic heterocycles. The Morgan fingerprint density at radius 2 is 1.84 bits per heavy atom. The maximum Gasteiger partial charge on any atom is 0.264 e. The van der Waals surface area contributed by atoms with Gasteiger partial charge in [0.25, 0.3) is 15.9 Å². The van der Waals surface area contributed by atoms with Crippen LogP contribution in [0.4, 0.5) is 8.78 Å². The molecule has 0 spiro atoms. The number of hydrogen-bond acceptors (Lipinski definition) is 5. The topological polar surface area (TPSA) is 94.0 Å². The van der Waals surface area contributed by atoms with E-state index in [2.05, 4.69) is 10.2 Å². The molecule has 132 valence electrons. The molecule has 1 heterocycles. The summed E-state index contributed by atoms with van der Waals surface area (Å²) in [5.41, 5.74) is 0.548. The van der Waals surface area contributed by atoms with Crippen molar-refractivity contribution in [3.63, 3.8) is 0 Å². The molecule has 25 heavy (non-hydrogen) atoms. The van der Waals surface area contributed by atoms with E-state index in [-0.39, 0.29) is 17.7 Å². The van der Waals surface area contributed by atoms with Crippen LogP contribution < -0.4 is 4.72 Å². The first kappa shape index (κ1) is 16.1. The molecule has 3 atom stereocenters. The van der Waals surface area contributed by atoms with E-state index in [4.69, 9.17) is 0 Å². The molecule has 1 aromatic carbocycles. The van der Waals surface area contributed by atoms with Crippen LogP contribution in [0.2, 0.25) is 0 Å². The molecule has 0 bridgehead atoms. The van der Waals surface area contributed by atoms with Gasteiger partial charge in [-0.2, -0.15) is 15.0 Å². The van der Waals surface area contributed by atoms with Gasteiger partial charge in [-0.15, -0.1) is 0 Å². The van der Waals surface area contributed by atoms with Crippen molar-refractivity contribution in [1.29, 1.82) is 0 Å². The molecule has 1 N–H and O–H groups in total. The van der Waals surface area contributed by atoms with Gasteiger partial charge in [-0.1, -0.05) is 0 Å². The molecule has 2 aliphatic carbocycles. The first-order valence-corrected chi connectivity index (χ1v) is 9.19. The van der Waals surface area contributed by atoms with Crippen LogP contribution in [0, 0.1) is 17.8 Å². The summed E-state index contributed by atoms with van der Waals surface area (Å²) in [6, 6.07) is 5.57. The lowest BCUT2D eigenvalue weighted by molar-refractivity contribution is -0.123. The Bertz CT molecular complexity index is 913. The van der Waals surface area contributed by atoms with Gasteiger partial charge in [0, 0.05) is 12.3 Å². The average Bonchev–Trinajstić information content (AvgIpc) is 2.89.